The molecule has 8 nitrogen and oxygen atoms in total. The number of carboxylic acids is 1. The van der Waals surface area contributed by atoms with E-state index in [2.05, 4.69) is 5.32 Å². The Bertz CT molecular complexity index is 820. The second-order valence-electron chi connectivity index (χ2n) is 5.30. The minimum Gasteiger partial charge on any atom is -0.493 e. The number of nitrogens with one attached hydrogen (secondary N) is 1. The molecule has 0 unspecified atom stereocenters. The van der Waals surface area contributed by atoms with Gasteiger partial charge in [0.15, 0.2) is 29.6 Å². The summed E-state index contributed by atoms with van der Waals surface area (Å²) in [6.45, 7) is 1.61. The highest BCUT2D eigenvalue weighted by molar-refractivity contribution is 6.04. The number of rotatable bonds is 9. The summed E-state index contributed by atoms with van der Waals surface area (Å²) in [6, 6.07) is 9.53. The summed E-state index contributed by atoms with van der Waals surface area (Å²) in [7, 11) is 3.03. The number of benzene rings is 2. The van der Waals surface area contributed by atoms with Crippen molar-refractivity contribution >= 4 is 17.6 Å². The van der Waals surface area contributed by atoms with E-state index < -0.39 is 12.6 Å². The lowest BCUT2D eigenvalue weighted by atomic mass is 10.1. The highest BCUT2D eigenvalue weighted by atomic mass is 16.5. The molecule has 2 rings (SSSR count). The van der Waals surface area contributed by atoms with Crippen LogP contribution in [0.25, 0.3) is 0 Å². The van der Waals surface area contributed by atoms with Crippen LogP contribution in [-0.4, -0.2) is 44.4 Å². The predicted molar refractivity (Wildman–Crippen MR) is 98.2 cm³/mol. The van der Waals surface area contributed by atoms with E-state index in [9.17, 15) is 9.59 Å². The standard InChI is InChI=1S/C19H21NO7/c1-4-26-17-9-12(5-7-15(17)27-11-18(21)22)19(23)20-13-6-8-14(24-2)16(10-13)25-3/h5-10H,4,11H2,1-3H3,(H,20,23)(H,21,22). The van der Waals surface area contributed by atoms with E-state index in [0.29, 0.717) is 35.1 Å². The molecule has 0 radical (unpaired) electrons. The minimum absolute atomic E-state index is 0.252. The van der Waals surface area contributed by atoms with Crippen molar-refractivity contribution in [2.45, 2.75) is 6.92 Å². The van der Waals surface area contributed by atoms with Crippen LogP contribution in [0, 0.1) is 0 Å². The fourth-order valence-electron chi connectivity index (χ4n) is 2.29. The van der Waals surface area contributed by atoms with Crippen LogP contribution in [0.4, 0.5) is 5.69 Å². The fraction of sp³-hybridized carbons (Fsp3) is 0.263. The Morgan fingerprint density at radius 3 is 2.26 bits per heavy atom. The first-order valence-corrected chi connectivity index (χ1v) is 8.13. The second-order valence-corrected chi connectivity index (χ2v) is 5.30. The fourth-order valence-corrected chi connectivity index (χ4v) is 2.29. The van der Waals surface area contributed by atoms with E-state index in [4.69, 9.17) is 24.1 Å². The molecule has 1 amide bonds. The van der Waals surface area contributed by atoms with Crippen molar-refractivity contribution in [3.05, 3.63) is 42.0 Å². The van der Waals surface area contributed by atoms with Crippen molar-refractivity contribution in [2.75, 3.05) is 32.8 Å². The summed E-state index contributed by atoms with van der Waals surface area (Å²) < 4.78 is 21.0. The molecule has 2 N–H and O–H groups in total. The topological polar surface area (TPSA) is 103 Å². The van der Waals surface area contributed by atoms with Gasteiger partial charge in [-0.05, 0) is 37.3 Å². The number of carbonyl (C=O) groups excluding carboxylic acids is 1. The molecule has 0 aliphatic rings. The number of anilines is 1. The van der Waals surface area contributed by atoms with Crippen LogP contribution < -0.4 is 24.3 Å². The minimum atomic E-state index is -1.10. The van der Waals surface area contributed by atoms with Gasteiger partial charge in [-0.3, -0.25) is 4.79 Å². The van der Waals surface area contributed by atoms with Gasteiger partial charge in [0, 0.05) is 17.3 Å². The molecule has 0 atom stereocenters. The van der Waals surface area contributed by atoms with Gasteiger partial charge in [-0.15, -0.1) is 0 Å². The first-order valence-electron chi connectivity index (χ1n) is 8.13. The molecule has 8 heteroatoms. The summed E-state index contributed by atoms with van der Waals surface area (Å²) in [5.41, 5.74) is 0.859. The number of hydrogen-bond acceptors (Lipinski definition) is 6. The number of hydrogen-bond donors (Lipinski definition) is 2. The molecule has 0 aromatic heterocycles. The third-order valence-corrected chi connectivity index (χ3v) is 3.50. The molecule has 144 valence electrons. The second kappa shape index (κ2) is 9.33. The van der Waals surface area contributed by atoms with Gasteiger partial charge in [0.2, 0.25) is 0 Å². The molecule has 0 aliphatic carbocycles. The van der Waals surface area contributed by atoms with E-state index in [1.165, 1.54) is 32.4 Å². The Kier molecular flexibility index (Phi) is 6.87. The van der Waals surface area contributed by atoms with Crippen LogP contribution >= 0.6 is 0 Å². The normalized spacial score (nSPS) is 10.0. The molecular weight excluding hydrogens is 354 g/mol. The van der Waals surface area contributed by atoms with Crippen LogP contribution in [0.5, 0.6) is 23.0 Å². The van der Waals surface area contributed by atoms with Gasteiger partial charge in [-0.1, -0.05) is 0 Å². The Hall–Kier alpha value is -3.42. The molecule has 0 heterocycles. The van der Waals surface area contributed by atoms with Gasteiger partial charge in [0.1, 0.15) is 0 Å². The van der Waals surface area contributed by atoms with Crippen LogP contribution in [0.1, 0.15) is 17.3 Å². The molecule has 0 saturated carbocycles. The molecule has 0 saturated heterocycles. The molecule has 0 spiro atoms. The third-order valence-electron chi connectivity index (χ3n) is 3.50. The quantitative estimate of drug-likeness (QED) is 0.694. The van der Waals surface area contributed by atoms with Crippen molar-refractivity contribution in [1.29, 1.82) is 0 Å². The Balaban J connectivity index is 2.20. The van der Waals surface area contributed by atoms with E-state index in [-0.39, 0.29) is 11.7 Å². The number of aliphatic carboxylic acids is 1. The summed E-state index contributed by atoms with van der Waals surface area (Å²) in [5.74, 6) is 0.109. The van der Waals surface area contributed by atoms with Crippen LogP contribution in [0.15, 0.2) is 36.4 Å². The smallest absolute Gasteiger partial charge is 0.341 e. The Labute approximate surface area is 156 Å². The zero-order valence-electron chi connectivity index (χ0n) is 15.3. The van der Waals surface area contributed by atoms with Crippen molar-refractivity contribution in [3.63, 3.8) is 0 Å². The molecule has 27 heavy (non-hydrogen) atoms. The first-order chi connectivity index (χ1) is 13.0. The van der Waals surface area contributed by atoms with Crippen LogP contribution in [0.2, 0.25) is 0 Å². The van der Waals surface area contributed by atoms with E-state index in [1.807, 2.05) is 0 Å². The summed E-state index contributed by atoms with van der Waals surface area (Å²) in [4.78, 5) is 23.2. The van der Waals surface area contributed by atoms with Gasteiger partial charge < -0.3 is 29.4 Å². The first kappa shape index (κ1) is 19.9. The monoisotopic (exact) mass is 375 g/mol. The van der Waals surface area contributed by atoms with E-state index in [0.717, 1.165) is 0 Å². The third kappa shape index (κ3) is 5.27. The molecular formula is C19H21NO7. The molecule has 0 fully saturated rings. The van der Waals surface area contributed by atoms with Gasteiger partial charge in [0.05, 0.1) is 20.8 Å². The highest BCUT2D eigenvalue weighted by Crippen LogP contribution is 2.31. The average Bonchev–Trinajstić information content (AvgIpc) is 2.66. The number of methoxy groups -OCH3 is 2. The SMILES string of the molecule is CCOc1cc(C(=O)Nc2ccc(OC)c(OC)c2)ccc1OCC(=O)O. The predicted octanol–water partition coefficient (Wildman–Crippen LogP) is 2.82. The van der Waals surface area contributed by atoms with Crippen molar-refractivity contribution in [1.82, 2.24) is 0 Å². The van der Waals surface area contributed by atoms with Crippen molar-refractivity contribution < 1.29 is 33.6 Å². The maximum absolute atomic E-state index is 12.5. The lowest BCUT2D eigenvalue weighted by Crippen LogP contribution is -2.13. The van der Waals surface area contributed by atoms with Gasteiger partial charge in [-0.2, -0.15) is 0 Å². The number of carbonyl (C=O) groups is 2. The maximum atomic E-state index is 12.5. The van der Waals surface area contributed by atoms with Crippen molar-refractivity contribution in [2.24, 2.45) is 0 Å². The van der Waals surface area contributed by atoms with E-state index >= 15 is 0 Å². The molecule has 2 aromatic carbocycles. The molecule has 0 bridgehead atoms. The number of carboxylic acid groups (broad SMARTS) is 1. The summed E-state index contributed by atoms with van der Waals surface area (Å²) in [5, 5.41) is 11.5. The number of amides is 1. The summed E-state index contributed by atoms with van der Waals surface area (Å²) >= 11 is 0. The lowest BCUT2D eigenvalue weighted by Gasteiger charge is -2.13. The van der Waals surface area contributed by atoms with Gasteiger partial charge >= 0.3 is 5.97 Å². The average molecular weight is 375 g/mol. The van der Waals surface area contributed by atoms with Gasteiger partial charge in [0.25, 0.3) is 5.91 Å². The number of ether oxygens (including phenoxy) is 4. The Morgan fingerprint density at radius 2 is 1.63 bits per heavy atom. The highest BCUT2D eigenvalue weighted by Gasteiger charge is 2.14. The largest absolute Gasteiger partial charge is 0.493 e. The van der Waals surface area contributed by atoms with Gasteiger partial charge in [-0.25, -0.2) is 4.79 Å². The zero-order chi connectivity index (χ0) is 19.8. The molecule has 2 aromatic rings. The maximum Gasteiger partial charge on any atom is 0.341 e. The van der Waals surface area contributed by atoms with E-state index in [1.54, 1.807) is 25.1 Å². The van der Waals surface area contributed by atoms with Crippen LogP contribution in [0.3, 0.4) is 0 Å². The van der Waals surface area contributed by atoms with Crippen molar-refractivity contribution in [3.8, 4) is 23.0 Å². The molecule has 0 aliphatic heterocycles. The van der Waals surface area contributed by atoms with Crippen LogP contribution in [-0.2, 0) is 4.79 Å². The Morgan fingerprint density at radius 1 is 0.926 bits per heavy atom. The lowest BCUT2D eigenvalue weighted by molar-refractivity contribution is -0.139. The summed E-state index contributed by atoms with van der Waals surface area (Å²) in [6.07, 6.45) is 0. The zero-order valence-corrected chi connectivity index (χ0v) is 15.3.